The van der Waals surface area contributed by atoms with E-state index in [9.17, 15) is 4.79 Å². The maximum absolute atomic E-state index is 11.9. The molecular weight excluding hydrogens is 224 g/mol. The molecule has 0 aromatic carbocycles. The molecule has 0 bridgehead atoms. The van der Waals surface area contributed by atoms with Crippen LogP contribution in [0.2, 0.25) is 0 Å². The van der Waals surface area contributed by atoms with Gasteiger partial charge in [-0.15, -0.1) is 0 Å². The van der Waals surface area contributed by atoms with Crippen LogP contribution in [0.25, 0.3) is 0 Å². The highest BCUT2D eigenvalue weighted by molar-refractivity contribution is 5.78. The quantitative estimate of drug-likeness (QED) is 0.815. The molecule has 2 aliphatic rings. The second-order valence-corrected chi connectivity index (χ2v) is 6.17. The molecular formula is C15H28N2O. The van der Waals surface area contributed by atoms with E-state index in [0.717, 1.165) is 32.0 Å². The fourth-order valence-corrected chi connectivity index (χ4v) is 3.56. The van der Waals surface area contributed by atoms with Crippen molar-refractivity contribution in [1.29, 1.82) is 0 Å². The molecule has 1 saturated heterocycles. The van der Waals surface area contributed by atoms with Gasteiger partial charge in [0.15, 0.2) is 0 Å². The van der Waals surface area contributed by atoms with Crippen molar-refractivity contribution < 1.29 is 4.79 Å². The van der Waals surface area contributed by atoms with Gasteiger partial charge < -0.3 is 10.2 Å². The molecule has 0 spiro atoms. The van der Waals surface area contributed by atoms with Gasteiger partial charge in [0.2, 0.25) is 5.91 Å². The molecule has 3 nitrogen and oxygen atoms in total. The first-order valence-corrected chi connectivity index (χ1v) is 7.72. The fourth-order valence-electron chi connectivity index (χ4n) is 3.56. The van der Waals surface area contributed by atoms with Crippen molar-refractivity contribution in [3.8, 4) is 0 Å². The number of hydrogen-bond acceptors (Lipinski definition) is 2. The Bertz CT molecular complexity index is 274. The molecule has 1 N–H and O–H groups in total. The summed E-state index contributed by atoms with van der Waals surface area (Å²) in [5, 5.41) is 3.62. The van der Waals surface area contributed by atoms with Crippen molar-refractivity contribution in [1.82, 2.24) is 10.2 Å². The zero-order chi connectivity index (χ0) is 13.0. The largest absolute Gasteiger partial charge is 0.341 e. The van der Waals surface area contributed by atoms with Crippen molar-refractivity contribution in [2.24, 2.45) is 11.8 Å². The lowest BCUT2D eigenvalue weighted by Gasteiger charge is -2.33. The molecule has 2 fully saturated rings. The van der Waals surface area contributed by atoms with Crippen LogP contribution < -0.4 is 5.32 Å². The number of rotatable bonds is 5. The van der Waals surface area contributed by atoms with E-state index in [-0.39, 0.29) is 0 Å². The van der Waals surface area contributed by atoms with Gasteiger partial charge in [-0.3, -0.25) is 4.79 Å². The number of amides is 1. The van der Waals surface area contributed by atoms with E-state index < -0.39 is 0 Å². The number of nitrogens with zero attached hydrogens (tertiary/aromatic N) is 1. The number of nitrogens with one attached hydrogen (secondary N) is 1. The maximum Gasteiger partial charge on any atom is 0.222 e. The molecule has 0 radical (unpaired) electrons. The third-order valence-electron chi connectivity index (χ3n) is 4.51. The third-order valence-corrected chi connectivity index (χ3v) is 4.51. The smallest absolute Gasteiger partial charge is 0.222 e. The predicted octanol–water partition coefficient (Wildman–Crippen LogP) is 2.41. The lowest BCUT2D eigenvalue weighted by Crippen LogP contribution is -2.46. The van der Waals surface area contributed by atoms with Crippen LogP contribution in [0.15, 0.2) is 0 Å². The monoisotopic (exact) mass is 252 g/mol. The summed E-state index contributed by atoms with van der Waals surface area (Å²) in [7, 11) is 0. The zero-order valence-corrected chi connectivity index (χ0v) is 12.0. The van der Waals surface area contributed by atoms with E-state index >= 15 is 0 Å². The van der Waals surface area contributed by atoms with Crippen molar-refractivity contribution >= 4 is 5.91 Å². The van der Waals surface area contributed by atoms with Crippen molar-refractivity contribution in [2.45, 2.75) is 58.4 Å². The molecule has 18 heavy (non-hydrogen) atoms. The number of likely N-dealkylation sites (N-methyl/N-ethyl adjacent to an activating group) is 1. The topological polar surface area (TPSA) is 32.3 Å². The number of carbonyl (C=O) groups excluding carboxylic acids is 1. The minimum Gasteiger partial charge on any atom is -0.341 e. The van der Waals surface area contributed by atoms with Crippen LogP contribution in [0, 0.1) is 11.8 Å². The van der Waals surface area contributed by atoms with Crippen LogP contribution in [0.5, 0.6) is 0 Å². The van der Waals surface area contributed by atoms with Gasteiger partial charge in [-0.2, -0.15) is 0 Å². The Morgan fingerprint density at radius 3 is 2.61 bits per heavy atom. The summed E-state index contributed by atoms with van der Waals surface area (Å²) in [4.78, 5) is 14.0. The summed E-state index contributed by atoms with van der Waals surface area (Å²) in [5.74, 6) is 1.69. The minimum atomic E-state index is 0.362. The molecule has 2 unspecified atom stereocenters. The van der Waals surface area contributed by atoms with Gasteiger partial charge in [-0.1, -0.05) is 33.1 Å². The molecule has 1 saturated carbocycles. The van der Waals surface area contributed by atoms with Crippen molar-refractivity contribution in [3.05, 3.63) is 0 Å². The SMILES string of the molecule is CCNC(CN1CC(C)CC1=O)C1CCCCC1. The second kappa shape index (κ2) is 6.55. The summed E-state index contributed by atoms with van der Waals surface area (Å²) in [6.07, 6.45) is 7.58. The van der Waals surface area contributed by atoms with Gasteiger partial charge in [0.05, 0.1) is 0 Å². The van der Waals surface area contributed by atoms with Gasteiger partial charge in [0, 0.05) is 25.6 Å². The highest BCUT2D eigenvalue weighted by Crippen LogP contribution is 2.28. The minimum absolute atomic E-state index is 0.362. The molecule has 0 aromatic rings. The van der Waals surface area contributed by atoms with Crippen LogP contribution in [-0.4, -0.2) is 36.5 Å². The van der Waals surface area contributed by atoms with E-state index in [2.05, 4.69) is 24.1 Å². The van der Waals surface area contributed by atoms with E-state index in [1.54, 1.807) is 0 Å². The van der Waals surface area contributed by atoms with Crippen LogP contribution in [0.1, 0.15) is 52.4 Å². The molecule has 1 amide bonds. The van der Waals surface area contributed by atoms with Gasteiger partial charge in [-0.05, 0) is 31.2 Å². The molecule has 104 valence electrons. The summed E-state index contributed by atoms with van der Waals surface area (Å²) >= 11 is 0. The lowest BCUT2D eigenvalue weighted by atomic mass is 9.83. The van der Waals surface area contributed by atoms with E-state index in [4.69, 9.17) is 0 Å². The maximum atomic E-state index is 11.9. The highest BCUT2D eigenvalue weighted by atomic mass is 16.2. The average molecular weight is 252 g/mol. The molecule has 3 heteroatoms. The Labute approximate surface area is 111 Å². The molecule has 1 aliphatic heterocycles. The zero-order valence-electron chi connectivity index (χ0n) is 12.0. The average Bonchev–Trinajstić information content (AvgIpc) is 2.68. The third kappa shape index (κ3) is 3.47. The van der Waals surface area contributed by atoms with E-state index in [0.29, 0.717) is 17.9 Å². The molecule has 1 aliphatic carbocycles. The standard InChI is InChI=1S/C15H28N2O/c1-3-16-14(13-7-5-4-6-8-13)11-17-10-12(2)9-15(17)18/h12-14,16H,3-11H2,1-2H3. The first kappa shape index (κ1) is 13.9. The van der Waals surface area contributed by atoms with Gasteiger partial charge >= 0.3 is 0 Å². The second-order valence-electron chi connectivity index (χ2n) is 6.17. The van der Waals surface area contributed by atoms with Gasteiger partial charge in [0.25, 0.3) is 0 Å². The van der Waals surface area contributed by atoms with Gasteiger partial charge in [-0.25, -0.2) is 0 Å². The summed E-state index contributed by atoms with van der Waals surface area (Å²) in [6.45, 7) is 7.26. The molecule has 0 aromatic heterocycles. The number of hydrogen-bond donors (Lipinski definition) is 1. The summed E-state index contributed by atoms with van der Waals surface area (Å²) < 4.78 is 0. The van der Waals surface area contributed by atoms with Crippen molar-refractivity contribution in [3.63, 3.8) is 0 Å². The lowest BCUT2D eigenvalue weighted by molar-refractivity contribution is -0.128. The first-order chi connectivity index (χ1) is 8.70. The van der Waals surface area contributed by atoms with E-state index in [1.165, 1.54) is 32.1 Å². The van der Waals surface area contributed by atoms with Crippen LogP contribution in [0.3, 0.4) is 0 Å². The Morgan fingerprint density at radius 1 is 1.33 bits per heavy atom. The van der Waals surface area contributed by atoms with Crippen LogP contribution in [0.4, 0.5) is 0 Å². The Balaban J connectivity index is 1.90. The van der Waals surface area contributed by atoms with E-state index in [1.807, 2.05) is 0 Å². The van der Waals surface area contributed by atoms with Crippen LogP contribution in [-0.2, 0) is 4.79 Å². The normalized spacial score (nSPS) is 27.8. The molecule has 2 rings (SSSR count). The Kier molecular flexibility index (Phi) is 5.04. The fraction of sp³-hybridized carbons (Fsp3) is 0.933. The first-order valence-electron chi connectivity index (χ1n) is 7.72. The number of likely N-dealkylation sites (tertiary alicyclic amines) is 1. The Hall–Kier alpha value is -0.570. The molecule has 2 atom stereocenters. The van der Waals surface area contributed by atoms with Gasteiger partial charge in [0.1, 0.15) is 0 Å². The predicted molar refractivity (Wildman–Crippen MR) is 74.4 cm³/mol. The summed E-state index contributed by atoms with van der Waals surface area (Å²) in [6, 6.07) is 0.518. The summed E-state index contributed by atoms with van der Waals surface area (Å²) in [5.41, 5.74) is 0. The van der Waals surface area contributed by atoms with Crippen LogP contribution >= 0.6 is 0 Å². The van der Waals surface area contributed by atoms with Crippen molar-refractivity contribution in [2.75, 3.05) is 19.6 Å². The molecule has 1 heterocycles. The number of carbonyl (C=O) groups is 1. The Morgan fingerprint density at radius 2 is 2.06 bits per heavy atom. The highest BCUT2D eigenvalue weighted by Gasteiger charge is 2.31.